The van der Waals surface area contributed by atoms with Gasteiger partial charge in [0, 0.05) is 25.3 Å². The SMILES string of the molecule is CCCOCCc1nnc(CCCCl)o1. The average Bonchev–Trinajstić information content (AvgIpc) is 2.69. The van der Waals surface area contributed by atoms with E-state index in [2.05, 4.69) is 17.1 Å². The topological polar surface area (TPSA) is 48.2 Å². The molecule has 1 aromatic rings. The van der Waals surface area contributed by atoms with Gasteiger partial charge < -0.3 is 9.15 Å². The first-order valence-electron chi connectivity index (χ1n) is 5.31. The lowest BCUT2D eigenvalue weighted by molar-refractivity contribution is 0.133. The van der Waals surface area contributed by atoms with Crippen molar-refractivity contribution < 1.29 is 9.15 Å². The van der Waals surface area contributed by atoms with Gasteiger partial charge in [0.2, 0.25) is 11.8 Å². The third kappa shape index (κ3) is 5.14. The zero-order chi connectivity index (χ0) is 10.9. The molecule has 4 nitrogen and oxygen atoms in total. The standard InChI is InChI=1S/C10H17ClN2O2/c1-2-7-14-8-5-10-13-12-9(15-10)4-3-6-11/h2-8H2,1H3. The normalized spacial score (nSPS) is 10.8. The minimum absolute atomic E-state index is 0.622. The summed E-state index contributed by atoms with van der Waals surface area (Å²) in [4.78, 5) is 0. The number of nitrogens with zero attached hydrogens (tertiary/aromatic N) is 2. The predicted octanol–water partition coefficient (Wildman–Crippen LogP) is 2.21. The second-order valence-electron chi connectivity index (χ2n) is 3.24. The van der Waals surface area contributed by atoms with Gasteiger partial charge in [0.25, 0.3) is 0 Å². The highest BCUT2D eigenvalue weighted by Gasteiger charge is 2.05. The Kier molecular flexibility index (Phi) is 6.36. The molecule has 1 heterocycles. The van der Waals surface area contributed by atoms with Crippen molar-refractivity contribution in [2.75, 3.05) is 19.1 Å². The van der Waals surface area contributed by atoms with Crippen LogP contribution in [0.15, 0.2) is 4.42 Å². The fourth-order valence-corrected chi connectivity index (χ4v) is 1.25. The molecule has 0 fully saturated rings. The summed E-state index contributed by atoms with van der Waals surface area (Å²) in [5.41, 5.74) is 0. The highest BCUT2D eigenvalue weighted by molar-refractivity contribution is 6.17. The number of halogens is 1. The summed E-state index contributed by atoms with van der Waals surface area (Å²) in [6.07, 6.45) is 3.35. The lowest BCUT2D eigenvalue weighted by Gasteiger charge is -1.97. The van der Waals surface area contributed by atoms with E-state index in [0.29, 0.717) is 30.7 Å². The Morgan fingerprint density at radius 2 is 1.93 bits per heavy atom. The molecule has 0 radical (unpaired) electrons. The van der Waals surface area contributed by atoms with Gasteiger partial charge in [-0.1, -0.05) is 6.92 Å². The summed E-state index contributed by atoms with van der Waals surface area (Å²) in [7, 11) is 0. The van der Waals surface area contributed by atoms with Gasteiger partial charge in [0.15, 0.2) is 0 Å². The molecule has 0 bridgehead atoms. The van der Waals surface area contributed by atoms with Crippen LogP contribution in [-0.2, 0) is 17.6 Å². The summed E-state index contributed by atoms with van der Waals surface area (Å²) in [6, 6.07) is 0. The molecule has 1 rings (SSSR count). The molecule has 0 aliphatic heterocycles. The molecule has 86 valence electrons. The summed E-state index contributed by atoms with van der Waals surface area (Å²) < 4.78 is 10.7. The van der Waals surface area contributed by atoms with E-state index in [1.165, 1.54) is 0 Å². The van der Waals surface area contributed by atoms with Crippen molar-refractivity contribution in [3.8, 4) is 0 Å². The van der Waals surface area contributed by atoms with Crippen molar-refractivity contribution in [3.05, 3.63) is 11.8 Å². The Labute approximate surface area is 95.0 Å². The Balaban J connectivity index is 2.20. The molecule has 15 heavy (non-hydrogen) atoms. The van der Waals surface area contributed by atoms with Crippen molar-refractivity contribution in [3.63, 3.8) is 0 Å². The van der Waals surface area contributed by atoms with E-state index < -0.39 is 0 Å². The first-order valence-corrected chi connectivity index (χ1v) is 5.85. The van der Waals surface area contributed by atoms with E-state index in [4.69, 9.17) is 20.8 Å². The van der Waals surface area contributed by atoms with Crippen LogP contribution in [0.3, 0.4) is 0 Å². The van der Waals surface area contributed by atoms with Crippen molar-refractivity contribution in [1.29, 1.82) is 0 Å². The molecule has 0 N–H and O–H groups in total. The van der Waals surface area contributed by atoms with Crippen LogP contribution in [0.5, 0.6) is 0 Å². The Morgan fingerprint density at radius 1 is 1.20 bits per heavy atom. The van der Waals surface area contributed by atoms with E-state index >= 15 is 0 Å². The third-order valence-corrected chi connectivity index (χ3v) is 2.11. The molecular formula is C10H17ClN2O2. The van der Waals surface area contributed by atoms with Crippen molar-refractivity contribution in [2.45, 2.75) is 32.6 Å². The van der Waals surface area contributed by atoms with Crippen LogP contribution in [0.1, 0.15) is 31.5 Å². The number of aromatic nitrogens is 2. The van der Waals surface area contributed by atoms with E-state index in [1.54, 1.807) is 0 Å². The van der Waals surface area contributed by atoms with E-state index in [-0.39, 0.29) is 0 Å². The van der Waals surface area contributed by atoms with Crippen molar-refractivity contribution in [1.82, 2.24) is 10.2 Å². The molecule has 0 aromatic carbocycles. The van der Waals surface area contributed by atoms with Crippen molar-refractivity contribution in [2.24, 2.45) is 0 Å². The molecule has 0 atom stereocenters. The van der Waals surface area contributed by atoms with Gasteiger partial charge in [-0.2, -0.15) is 0 Å². The molecule has 1 aromatic heterocycles. The zero-order valence-corrected chi connectivity index (χ0v) is 9.79. The summed E-state index contributed by atoms with van der Waals surface area (Å²) in [5.74, 6) is 1.94. The smallest absolute Gasteiger partial charge is 0.218 e. The maximum Gasteiger partial charge on any atom is 0.218 e. The van der Waals surface area contributed by atoms with Crippen molar-refractivity contribution >= 4 is 11.6 Å². The van der Waals surface area contributed by atoms with E-state index in [9.17, 15) is 0 Å². The van der Waals surface area contributed by atoms with Crippen LogP contribution in [0, 0.1) is 0 Å². The van der Waals surface area contributed by atoms with Gasteiger partial charge >= 0.3 is 0 Å². The number of aryl methyl sites for hydroxylation is 1. The lowest BCUT2D eigenvalue weighted by Crippen LogP contribution is -1.99. The molecule has 0 spiro atoms. The van der Waals surface area contributed by atoms with Gasteiger partial charge in [-0.3, -0.25) is 0 Å². The monoisotopic (exact) mass is 232 g/mol. The van der Waals surface area contributed by atoms with Crippen LogP contribution >= 0.6 is 11.6 Å². The first-order chi connectivity index (χ1) is 7.36. The first kappa shape index (κ1) is 12.5. The maximum absolute atomic E-state index is 5.57. The molecule has 5 heteroatoms. The van der Waals surface area contributed by atoms with Gasteiger partial charge in [-0.15, -0.1) is 21.8 Å². The molecule has 0 amide bonds. The van der Waals surface area contributed by atoms with Gasteiger partial charge in [0.05, 0.1) is 6.61 Å². The minimum atomic E-state index is 0.622. The zero-order valence-electron chi connectivity index (χ0n) is 9.04. The number of hydrogen-bond donors (Lipinski definition) is 0. The Bertz CT molecular complexity index is 266. The molecular weight excluding hydrogens is 216 g/mol. The average molecular weight is 233 g/mol. The number of alkyl halides is 1. The van der Waals surface area contributed by atoms with Crippen LogP contribution in [0.25, 0.3) is 0 Å². The Morgan fingerprint density at radius 3 is 2.60 bits per heavy atom. The molecule has 0 aliphatic rings. The summed E-state index contributed by atoms with van der Waals surface area (Å²) >= 11 is 5.57. The number of ether oxygens (including phenoxy) is 1. The van der Waals surface area contributed by atoms with Crippen LogP contribution in [0.4, 0.5) is 0 Å². The second kappa shape index (κ2) is 7.65. The maximum atomic E-state index is 5.57. The number of rotatable bonds is 8. The molecule has 0 unspecified atom stereocenters. The quantitative estimate of drug-likeness (QED) is 0.509. The molecule has 0 saturated carbocycles. The number of hydrogen-bond acceptors (Lipinski definition) is 4. The second-order valence-corrected chi connectivity index (χ2v) is 3.62. The fourth-order valence-electron chi connectivity index (χ4n) is 1.11. The van der Waals surface area contributed by atoms with Crippen LogP contribution in [0.2, 0.25) is 0 Å². The highest BCUT2D eigenvalue weighted by Crippen LogP contribution is 2.04. The molecule has 0 aliphatic carbocycles. The van der Waals surface area contributed by atoms with Gasteiger partial charge in [0.1, 0.15) is 0 Å². The minimum Gasteiger partial charge on any atom is -0.425 e. The Hall–Kier alpha value is -0.610. The predicted molar refractivity (Wildman–Crippen MR) is 58.2 cm³/mol. The summed E-state index contributed by atoms with van der Waals surface area (Å²) in [6.45, 7) is 3.51. The lowest BCUT2D eigenvalue weighted by atomic mass is 10.3. The highest BCUT2D eigenvalue weighted by atomic mass is 35.5. The fraction of sp³-hybridized carbons (Fsp3) is 0.800. The van der Waals surface area contributed by atoms with E-state index in [0.717, 1.165) is 25.9 Å². The van der Waals surface area contributed by atoms with Crippen LogP contribution < -0.4 is 0 Å². The van der Waals surface area contributed by atoms with E-state index in [1.807, 2.05) is 0 Å². The third-order valence-electron chi connectivity index (χ3n) is 1.84. The van der Waals surface area contributed by atoms with Crippen LogP contribution in [-0.4, -0.2) is 29.3 Å². The van der Waals surface area contributed by atoms with Gasteiger partial charge in [-0.05, 0) is 12.8 Å². The molecule has 0 saturated heterocycles. The largest absolute Gasteiger partial charge is 0.425 e. The summed E-state index contributed by atoms with van der Waals surface area (Å²) in [5, 5.41) is 7.85. The van der Waals surface area contributed by atoms with Gasteiger partial charge in [-0.25, -0.2) is 0 Å².